The Kier molecular flexibility index (Phi) is 15.9. The standard InChI is InChI=1S/C32H46F3N3O2/c1-2-3-4-5-6-7-8-9-10-11-12-13-14-15-22-36-30(39)25-37-28-20-16-18-26(23-28)31(40)38-29-21-17-19-27(24-29)32(33,34)35/h16-21,23-24,37H,2-15,22,25H2,1H3,(H,36,39)(H,38,40). The van der Waals surface area contributed by atoms with Gasteiger partial charge in [0.1, 0.15) is 0 Å². The molecule has 2 aromatic rings. The van der Waals surface area contributed by atoms with Crippen molar-refractivity contribution in [3.63, 3.8) is 0 Å². The largest absolute Gasteiger partial charge is 0.416 e. The Morgan fingerprint density at radius 1 is 0.700 bits per heavy atom. The van der Waals surface area contributed by atoms with Crippen LogP contribution in [0.25, 0.3) is 0 Å². The van der Waals surface area contributed by atoms with Crippen molar-refractivity contribution in [1.82, 2.24) is 5.32 Å². The van der Waals surface area contributed by atoms with E-state index in [1.807, 2.05) is 0 Å². The zero-order valence-corrected chi connectivity index (χ0v) is 23.9. The Hall–Kier alpha value is -3.03. The molecular weight excluding hydrogens is 515 g/mol. The third-order valence-electron chi connectivity index (χ3n) is 6.88. The predicted octanol–water partition coefficient (Wildman–Crippen LogP) is 8.97. The molecule has 0 saturated heterocycles. The summed E-state index contributed by atoms with van der Waals surface area (Å²) in [6, 6.07) is 11.0. The van der Waals surface area contributed by atoms with Crippen molar-refractivity contribution in [3.8, 4) is 0 Å². The van der Waals surface area contributed by atoms with Crippen molar-refractivity contribution in [3.05, 3.63) is 59.7 Å². The molecule has 0 aliphatic rings. The zero-order chi connectivity index (χ0) is 29.1. The number of unbranched alkanes of at least 4 members (excludes halogenated alkanes) is 13. The number of anilines is 2. The van der Waals surface area contributed by atoms with Crippen LogP contribution in [0.1, 0.15) is 113 Å². The molecule has 222 valence electrons. The highest BCUT2D eigenvalue weighted by molar-refractivity contribution is 6.04. The minimum atomic E-state index is -4.49. The summed E-state index contributed by atoms with van der Waals surface area (Å²) in [5.74, 6) is -0.668. The Morgan fingerprint density at radius 3 is 1.85 bits per heavy atom. The maximum absolute atomic E-state index is 12.9. The van der Waals surface area contributed by atoms with E-state index < -0.39 is 17.6 Å². The Bertz CT molecular complexity index is 1010. The van der Waals surface area contributed by atoms with Crippen molar-refractivity contribution in [2.75, 3.05) is 23.7 Å². The molecular formula is C32H46F3N3O2. The molecule has 0 unspecified atom stereocenters. The van der Waals surface area contributed by atoms with E-state index in [9.17, 15) is 22.8 Å². The van der Waals surface area contributed by atoms with Crippen LogP contribution in [0.5, 0.6) is 0 Å². The van der Waals surface area contributed by atoms with Gasteiger partial charge in [0.2, 0.25) is 5.91 Å². The number of halogens is 3. The summed E-state index contributed by atoms with van der Waals surface area (Å²) in [5.41, 5.74) is 0.0652. The normalized spacial score (nSPS) is 11.3. The van der Waals surface area contributed by atoms with Crippen molar-refractivity contribution >= 4 is 23.2 Å². The molecule has 0 heterocycles. The highest BCUT2D eigenvalue weighted by Crippen LogP contribution is 2.30. The van der Waals surface area contributed by atoms with E-state index in [-0.39, 0.29) is 23.7 Å². The summed E-state index contributed by atoms with van der Waals surface area (Å²) < 4.78 is 38.7. The first kappa shape index (κ1) is 33.2. The zero-order valence-electron chi connectivity index (χ0n) is 23.9. The molecule has 2 aromatic carbocycles. The van der Waals surface area contributed by atoms with E-state index in [0.717, 1.165) is 25.0 Å². The number of rotatable bonds is 20. The second-order valence-electron chi connectivity index (χ2n) is 10.4. The quantitative estimate of drug-likeness (QED) is 0.141. The first-order valence-corrected chi connectivity index (χ1v) is 14.9. The Balaban J connectivity index is 1.55. The monoisotopic (exact) mass is 561 g/mol. The predicted molar refractivity (Wildman–Crippen MR) is 158 cm³/mol. The van der Waals surface area contributed by atoms with Gasteiger partial charge in [0, 0.05) is 23.5 Å². The minimum Gasteiger partial charge on any atom is -0.376 e. The molecule has 2 amide bonds. The van der Waals surface area contributed by atoms with Crippen LogP contribution in [-0.2, 0) is 11.0 Å². The second-order valence-corrected chi connectivity index (χ2v) is 10.4. The topological polar surface area (TPSA) is 70.2 Å². The van der Waals surface area contributed by atoms with Gasteiger partial charge in [-0.2, -0.15) is 13.2 Å². The van der Waals surface area contributed by atoms with Crippen LogP contribution in [0.2, 0.25) is 0 Å². The molecule has 40 heavy (non-hydrogen) atoms. The van der Waals surface area contributed by atoms with E-state index in [1.165, 1.54) is 89.2 Å². The molecule has 0 spiro atoms. The lowest BCUT2D eigenvalue weighted by atomic mass is 10.0. The first-order valence-electron chi connectivity index (χ1n) is 14.9. The Morgan fingerprint density at radius 2 is 1.25 bits per heavy atom. The van der Waals surface area contributed by atoms with Crippen LogP contribution in [0.15, 0.2) is 48.5 Å². The SMILES string of the molecule is CCCCCCCCCCCCCCCCNC(=O)CNc1cccc(C(=O)Nc2cccc(C(F)(F)F)c2)c1. The molecule has 0 aliphatic carbocycles. The van der Waals surface area contributed by atoms with Crippen LogP contribution in [0.4, 0.5) is 24.5 Å². The molecule has 3 N–H and O–H groups in total. The fraction of sp³-hybridized carbons (Fsp3) is 0.562. The molecule has 0 bridgehead atoms. The highest BCUT2D eigenvalue weighted by atomic mass is 19.4. The molecule has 0 aliphatic heterocycles. The minimum absolute atomic E-state index is 0.0565. The number of hydrogen-bond acceptors (Lipinski definition) is 3. The average Bonchev–Trinajstić information content (AvgIpc) is 2.94. The van der Waals surface area contributed by atoms with Gasteiger partial charge in [-0.1, -0.05) is 103 Å². The van der Waals surface area contributed by atoms with Crippen molar-refractivity contribution in [2.24, 2.45) is 0 Å². The van der Waals surface area contributed by atoms with Gasteiger partial charge >= 0.3 is 6.18 Å². The molecule has 0 saturated carbocycles. The van der Waals surface area contributed by atoms with Crippen LogP contribution in [-0.4, -0.2) is 24.9 Å². The van der Waals surface area contributed by atoms with Crippen LogP contribution < -0.4 is 16.0 Å². The van der Waals surface area contributed by atoms with Crippen molar-refractivity contribution < 1.29 is 22.8 Å². The maximum atomic E-state index is 12.9. The summed E-state index contributed by atoms with van der Waals surface area (Å²) >= 11 is 0. The average molecular weight is 562 g/mol. The molecule has 8 heteroatoms. The number of carbonyl (C=O) groups excluding carboxylic acids is 2. The highest BCUT2D eigenvalue weighted by Gasteiger charge is 2.30. The van der Waals surface area contributed by atoms with Gasteiger partial charge in [-0.15, -0.1) is 0 Å². The third kappa shape index (κ3) is 14.4. The summed E-state index contributed by atoms with van der Waals surface area (Å²) in [5, 5.41) is 8.39. The van der Waals surface area contributed by atoms with E-state index >= 15 is 0 Å². The summed E-state index contributed by atoms with van der Waals surface area (Å²) in [7, 11) is 0. The Labute approximate surface area is 237 Å². The van der Waals surface area contributed by atoms with Crippen LogP contribution >= 0.6 is 0 Å². The number of carbonyl (C=O) groups is 2. The maximum Gasteiger partial charge on any atom is 0.416 e. The van der Waals surface area contributed by atoms with E-state index in [2.05, 4.69) is 22.9 Å². The number of amides is 2. The molecule has 0 atom stereocenters. The summed E-state index contributed by atoms with van der Waals surface area (Å²) in [6.45, 7) is 2.96. The van der Waals surface area contributed by atoms with E-state index in [4.69, 9.17) is 0 Å². The van der Waals surface area contributed by atoms with Gasteiger partial charge in [0.15, 0.2) is 0 Å². The smallest absolute Gasteiger partial charge is 0.376 e. The lowest BCUT2D eigenvalue weighted by Gasteiger charge is -2.11. The molecule has 0 radical (unpaired) electrons. The number of benzene rings is 2. The number of hydrogen-bond donors (Lipinski definition) is 3. The molecule has 0 aromatic heterocycles. The van der Waals surface area contributed by atoms with E-state index in [1.54, 1.807) is 24.3 Å². The second kappa shape index (κ2) is 19.1. The molecule has 2 rings (SSSR count). The van der Waals surface area contributed by atoms with Gasteiger partial charge in [-0.3, -0.25) is 9.59 Å². The van der Waals surface area contributed by atoms with Crippen LogP contribution in [0, 0.1) is 0 Å². The third-order valence-corrected chi connectivity index (χ3v) is 6.88. The first-order chi connectivity index (χ1) is 19.3. The summed E-state index contributed by atoms with van der Waals surface area (Å²) in [4.78, 5) is 24.7. The fourth-order valence-electron chi connectivity index (χ4n) is 4.54. The fourth-order valence-corrected chi connectivity index (χ4v) is 4.54. The van der Waals surface area contributed by atoms with Gasteiger partial charge < -0.3 is 16.0 Å². The van der Waals surface area contributed by atoms with Gasteiger partial charge in [-0.25, -0.2) is 0 Å². The molecule has 5 nitrogen and oxygen atoms in total. The van der Waals surface area contributed by atoms with E-state index in [0.29, 0.717) is 12.2 Å². The van der Waals surface area contributed by atoms with Crippen LogP contribution in [0.3, 0.4) is 0 Å². The lowest BCUT2D eigenvalue weighted by molar-refractivity contribution is -0.137. The molecule has 0 fully saturated rings. The van der Waals surface area contributed by atoms with Gasteiger partial charge in [-0.05, 0) is 42.8 Å². The van der Waals surface area contributed by atoms with Gasteiger partial charge in [0.25, 0.3) is 5.91 Å². The number of alkyl halides is 3. The van der Waals surface area contributed by atoms with Crippen molar-refractivity contribution in [2.45, 2.75) is 103 Å². The lowest BCUT2D eigenvalue weighted by Crippen LogP contribution is -2.30. The summed E-state index contributed by atoms with van der Waals surface area (Å²) in [6.07, 6.45) is 13.6. The van der Waals surface area contributed by atoms with Crippen molar-refractivity contribution in [1.29, 1.82) is 0 Å². The number of nitrogens with one attached hydrogen (secondary N) is 3. The van der Waals surface area contributed by atoms with Gasteiger partial charge in [0.05, 0.1) is 12.1 Å².